The van der Waals surface area contributed by atoms with Gasteiger partial charge in [0.15, 0.2) is 11.5 Å². The molecule has 1 aromatic carbocycles. The number of benzene rings is 1. The molecule has 1 aromatic rings. The average Bonchev–Trinajstić information content (AvgIpc) is 2.57. The molecular weight excluding hydrogens is 302 g/mol. The molecular formula is C20H27NO3. The highest BCUT2D eigenvalue weighted by Gasteiger charge is 2.53. The van der Waals surface area contributed by atoms with Crippen LogP contribution in [-0.2, 0) is 16.6 Å². The van der Waals surface area contributed by atoms with Crippen molar-refractivity contribution in [2.45, 2.75) is 50.9 Å². The number of hydrogen-bond acceptors (Lipinski definition) is 4. The first-order valence-corrected chi connectivity index (χ1v) is 9.02. The predicted octanol–water partition coefficient (Wildman–Crippen LogP) is 3.17. The summed E-state index contributed by atoms with van der Waals surface area (Å²) in [6.45, 7) is 4.92. The monoisotopic (exact) mass is 329 g/mol. The van der Waals surface area contributed by atoms with E-state index >= 15 is 0 Å². The van der Waals surface area contributed by atoms with Gasteiger partial charge in [0.2, 0.25) is 6.29 Å². The number of nitrogens with two attached hydrogens (primary N) is 1. The van der Waals surface area contributed by atoms with Gasteiger partial charge in [-0.3, -0.25) is 0 Å². The second kappa shape index (κ2) is 5.78. The lowest BCUT2D eigenvalue weighted by Gasteiger charge is -2.53. The van der Waals surface area contributed by atoms with Crippen molar-refractivity contribution in [3.8, 4) is 11.5 Å². The van der Waals surface area contributed by atoms with Crippen molar-refractivity contribution in [2.75, 3.05) is 13.7 Å². The zero-order valence-electron chi connectivity index (χ0n) is 14.7. The third-order valence-corrected chi connectivity index (χ3v) is 5.98. The topological polar surface area (TPSA) is 53.7 Å². The molecule has 0 saturated heterocycles. The normalized spacial score (nSPS) is 36.5. The Hall–Kier alpha value is -1.52. The van der Waals surface area contributed by atoms with E-state index in [0.29, 0.717) is 18.4 Å². The molecule has 0 fully saturated rings. The molecule has 0 amide bonds. The molecule has 1 aliphatic heterocycles. The molecule has 0 saturated carbocycles. The highest BCUT2D eigenvalue weighted by atomic mass is 16.7. The summed E-state index contributed by atoms with van der Waals surface area (Å²) in [5.74, 6) is 2.63. The van der Waals surface area contributed by atoms with Crippen LogP contribution < -0.4 is 15.2 Å². The van der Waals surface area contributed by atoms with E-state index in [-0.39, 0.29) is 17.7 Å². The Morgan fingerprint density at radius 1 is 1.38 bits per heavy atom. The Labute approximate surface area is 144 Å². The molecule has 2 N–H and O–H groups in total. The summed E-state index contributed by atoms with van der Waals surface area (Å²) in [4.78, 5) is 0. The average molecular weight is 329 g/mol. The minimum absolute atomic E-state index is 0.0958. The summed E-state index contributed by atoms with van der Waals surface area (Å²) in [6.07, 6.45) is 7.33. The molecule has 0 aromatic heterocycles. The maximum atomic E-state index is 6.64. The second-order valence-electron chi connectivity index (χ2n) is 7.42. The van der Waals surface area contributed by atoms with Crippen molar-refractivity contribution in [3.63, 3.8) is 0 Å². The van der Waals surface area contributed by atoms with Crippen LogP contribution in [0.1, 0.15) is 37.8 Å². The molecule has 4 nitrogen and oxygen atoms in total. The fourth-order valence-corrected chi connectivity index (χ4v) is 4.98. The Balaban J connectivity index is 1.94. The summed E-state index contributed by atoms with van der Waals surface area (Å²) in [5.41, 5.74) is 9.13. The Morgan fingerprint density at radius 2 is 2.21 bits per heavy atom. The van der Waals surface area contributed by atoms with Gasteiger partial charge in [0.05, 0.1) is 7.11 Å². The minimum atomic E-state index is -0.252. The summed E-state index contributed by atoms with van der Waals surface area (Å²) in [6, 6.07) is 4.33. The summed E-state index contributed by atoms with van der Waals surface area (Å²) < 4.78 is 17.7. The predicted molar refractivity (Wildman–Crippen MR) is 93.4 cm³/mol. The van der Waals surface area contributed by atoms with Gasteiger partial charge in [0.1, 0.15) is 0 Å². The van der Waals surface area contributed by atoms with E-state index in [2.05, 4.69) is 25.1 Å². The molecule has 2 aliphatic carbocycles. The van der Waals surface area contributed by atoms with Gasteiger partial charge in [-0.1, -0.05) is 25.1 Å². The molecule has 3 aliphatic rings. The van der Waals surface area contributed by atoms with Crippen LogP contribution in [-0.4, -0.2) is 26.0 Å². The van der Waals surface area contributed by atoms with Crippen LogP contribution in [0.15, 0.2) is 24.3 Å². The molecule has 4 rings (SSSR count). The van der Waals surface area contributed by atoms with E-state index in [4.69, 9.17) is 19.9 Å². The first kappa shape index (κ1) is 16.0. The molecule has 130 valence electrons. The number of hydrogen-bond donors (Lipinski definition) is 1. The van der Waals surface area contributed by atoms with Gasteiger partial charge < -0.3 is 19.9 Å². The van der Waals surface area contributed by atoms with E-state index in [9.17, 15) is 0 Å². The van der Waals surface area contributed by atoms with Gasteiger partial charge in [-0.15, -0.1) is 0 Å². The molecule has 5 atom stereocenters. The second-order valence-corrected chi connectivity index (χ2v) is 7.42. The smallest absolute Gasteiger partial charge is 0.201 e. The van der Waals surface area contributed by atoms with Crippen molar-refractivity contribution in [2.24, 2.45) is 17.6 Å². The molecule has 0 unspecified atom stereocenters. The van der Waals surface area contributed by atoms with E-state index < -0.39 is 0 Å². The van der Waals surface area contributed by atoms with Gasteiger partial charge in [-0.05, 0) is 43.2 Å². The highest BCUT2D eigenvalue weighted by molar-refractivity contribution is 5.60. The largest absolute Gasteiger partial charge is 0.493 e. The lowest BCUT2D eigenvalue weighted by Crippen LogP contribution is -2.55. The maximum Gasteiger partial charge on any atom is 0.201 e. The Bertz CT molecular complexity index is 671. The van der Waals surface area contributed by atoms with Crippen molar-refractivity contribution < 1.29 is 14.2 Å². The lowest BCUT2D eigenvalue weighted by molar-refractivity contribution is -0.109. The van der Waals surface area contributed by atoms with Crippen molar-refractivity contribution in [3.05, 3.63) is 35.4 Å². The lowest BCUT2D eigenvalue weighted by atomic mass is 9.54. The van der Waals surface area contributed by atoms with Crippen LogP contribution in [0.4, 0.5) is 0 Å². The van der Waals surface area contributed by atoms with Gasteiger partial charge in [0.25, 0.3) is 0 Å². The standard InChI is InChI=1S/C20H27NO3/c1-4-23-17-11-20-8-7-12(2)9-14(20)15(21)10-13-5-6-16(22-3)19(24-17)18(13)20/h5-8,12,14-15,17H,4,9-11,21H2,1-3H3/t12-,14-,15+,17+,20+/m0/s1. The van der Waals surface area contributed by atoms with Crippen LogP contribution >= 0.6 is 0 Å². The van der Waals surface area contributed by atoms with Gasteiger partial charge in [-0.25, -0.2) is 0 Å². The van der Waals surface area contributed by atoms with Gasteiger partial charge in [-0.2, -0.15) is 0 Å². The van der Waals surface area contributed by atoms with Crippen LogP contribution in [0.5, 0.6) is 11.5 Å². The van der Waals surface area contributed by atoms with Crippen LogP contribution in [0.3, 0.4) is 0 Å². The van der Waals surface area contributed by atoms with E-state index in [1.165, 1.54) is 11.1 Å². The third kappa shape index (κ3) is 2.20. The zero-order valence-corrected chi connectivity index (χ0v) is 14.7. The number of methoxy groups -OCH3 is 1. The number of allylic oxidation sites excluding steroid dienone is 2. The molecule has 24 heavy (non-hydrogen) atoms. The van der Waals surface area contributed by atoms with Crippen molar-refractivity contribution in [1.29, 1.82) is 0 Å². The van der Waals surface area contributed by atoms with Gasteiger partial charge >= 0.3 is 0 Å². The van der Waals surface area contributed by atoms with Crippen molar-refractivity contribution >= 4 is 0 Å². The summed E-state index contributed by atoms with van der Waals surface area (Å²) in [5, 5.41) is 0. The SMILES string of the molecule is CCO[C@H]1C[C@]23C=C[C@H](C)C[C@H]2[C@H](N)Cc2ccc(OC)c(c23)O1. The van der Waals surface area contributed by atoms with Crippen LogP contribution in [0.25, 0.3) is 0 Å². The van der Waals surface area contributed by atoms with E-state index in [0.717, 1.165) is 30.8 Å². The first-order valence-electron chi connectivity index (χ1n) is 9.02. The number of ether oxygens (including phenoxy) is 3. The maximum absolute atomic E-state index is 6.64. The molecule has 0 radical (unpaired) electrons. The molecule has 1 spiro atoms. The minimum Gasteiger partial charge on any atom is -0.493 e. The molecule has 0 bridgehead atoms. The fraction of sp³-hybridized carbons (Fsp3) is 0.600. The van der Waals surface area contributed by atoms with E-state index in [1.54, 1.807) is 7.11 Å². The first-order chi connectivity index (χ1) is 11.6. The van der Waals surface area contributed by atoms with Crippen LogP contribution in [0.2, 0.25) is 0 Å². The van der Waals surface area contributed by atoms with Crippen LogP contribution in [0, 0.1) is 11.8 Å². The van der Waals surface area contributed by atoms with Gasteiger partial charge in [0, 0.05) is 30.0 Å². The summed E-state index contributed by atoms with van der Waals surface area (Å²) >= 11 is 0. The van der Waals surface area contributed by atoms with Crippen molar-refractivity contribution in [1.82, 2.24) is 0 Å². The molecule has 1 heterocycles. The summed E-state index contributed by atoms with van der Waals surface area (Å²) in [7, 11) is 1.70. The quantitative estimate of drug-likeness (QED) is 0.866. The highest BCUT2D eigenvalue weighted by Crippen LogP contribution is 2.58. The zero-order chi connectivity index (χ0) is 16.9. The van der Waals surface area contributed by atoms with E-state index in [1.807, 2.05) is 13.0 Å². The Morgan fingerprint density at radius 3 is 2.96 bits per heavy atom. The Kier molecular flexibility index (Phi) is 3.85. The number of rotatable bonds is 3. The molecule has 4 heteroatoms. The fourth-order valence-electron chi connectivity index (χ4n) is 4.98. The third-order valence-electron chi connectivity index (χ3n) is 5.98.